The standard InChI is InChI=1S/C16H12BrN3O/c17-11-6-2-4-8-14(11)20-16(21)15-9-12(18)10-5-1-3-7-13(10)19-15/h1-9H,(H2,18,19)(H,20,21). The number of nitrogen functional groups attached to an aromatic ring is 1. The number of aromatic nitrogens is 1. The van der Waals surface area contributed by atoms with E-state index in [2.05, 4.69) is 26.2 Å². The van der Waals surface area contributed by atoms with Gasteiger partial charge in [-0.1, -0.05) is 30.3 Å². The molecule has 2 aromatic carbocycles. The number of nitrogens with one attached hydrogen (secondary N) is 1. The van der Waals surface area contributed by atoms with Crippen LogP contribution in [0.15, 0.2) is 59.1 Å². The van der Waals surface area contributed by atoms with E-state index in [1.165, 1.54) is 0 Å². The monoisotopic (exact) mass is 341 g/mol. The molecule has 0 radical (unpaired) electrons. The van der Waals surface area contributed by atoms with Crippen molar-refractivity contribution in [2.24, 2.45) is 0 Å². The molecule has 1 amide bonds. The van der Waals surface area contributed by atoms with Gasteiger partial charge in [0.05, 0.1) is 11.2 Å². The minimum absolute atomic E-state index is 0.292. The number of hydrogen-bond acceptors (Lipinski definition) is 3. The SMILES string of the molecule is Nc1cc(C(=O)Nc2ccccc2Br)nc2ccccc12. The van der Waals surface area contributed by atoms with Crippen LogP contribution in [-0.4, -0.2) is 10.9 Å². The van der Waals surface area contributed by atoms with Crippen LogP contribution in [0.25, 0.3) is 10.9 Å². The molecule has 1 heterocycles. The normalized spacial score (nSPS) is 10.5. The number of nitrogens with two attached hydrogens (primary N) is 1. The van der Waals surface area contributed by atoms with Crippen molar-refractivity contribution in [3.05, 3.63) is 64.8 Å². The average Bonchev–Trinajstić information content (AvgIpc) is 2.49. The predicted molar refractivity (Wildman–Crippen MR) is 88.3 cm³/mol. The first-order valence-corrected chi connectivity index (χ1v) is 7.15. The number of fused-ring (bicyclic) bond motifs is 1. The molecule has 0 atom stereocenters. The van der Waals surface area contributed by atoms with Crippen LogP contribution in [0.5, 0.6) is 0 Å². The molecule has 0 spiro atoms. The van der Waals surface area contributed by atoms with E-state index in [-0.39, 0.29) is 5.91 Å². The van der Waals surface area contributed by atoms with E-state index in [1.807, 2.05) is 48.5 Å². The highest BCUT2D eigenvalue weighted by molar-refractivity contribution is 9.10. The number of hydrogen-bond donors (Lipinski definition) is 2. The summed E-state index contributed by atoms with van der Waals surface area (Å²) in [6.45, 7) is 0. The smallest absolute Gasteiger partial charge is 0.274 e. The predicted octanol–water partition coefficient (Wildman–Crippen LogP) is 3.83. The number of halogens is 1. The molecular formula is C16H12BrN3O. The molecule has 3 aromatic rings. The maximum absolute atomic E-state index is 12.3. The van der Waals surface area contributed by atoms with Crippen LogP contribution in [0.4, 0.5) is 11.4 Å². The van der Waals surface area contributed by atoms with Crippen molar-refractivity contribution in [3.63, 3.8) is 0 Å². The second kappa shape index (κ2) is 5.54. The van der Waals surface area contributed by atoms with Crippen molar-refractivity contribution < 1.29 is 4.79 Å². The number of carbonyl (C=O) groups is 1. The Kier molecular flexibility index (Phi) is 3.58. The van der Waals surface area contributed by atoms with Gasteiger partial charge in [-0.15, -0.1) is 0 Å². The number of nitrogens with zero attached hydrogens (tertiary/aromatic N) is 1. The minimum Gasteiger partial charge on any atom is -0.398 e. The Balaban J connectivity index is 1.97. The van der Waals surface area contributed by atoms with E-state index in [4.69, 9.17) is 5.73 Å². The lowest BCUT2D eigenvalue weighted by molar-refractivity contribution is 0.102. The van der Waals surface area contributed by atoms with Gasteiger partial charge in [0.15, 0.2) is 0 Å². The molecule has 4 nitrogen and oxygen atoms in total. The van der Waals surface area contributed by atoms with Crippen molar-refractivity contribution >= 4 is 44.1 Å². The van der Waals surface area contributed by atoms with Crippen LogP contribution in [-0.2, 0) is 0 Å². The first kappa shape index (κ1) is 13.6. The van der Waals surface area contributed by atoms with E-state index in [0.717, 1.165) is 9.86 Å². The third-order valence-electron chi connectivity index (χ3n) is 3.10. The molecule has 3 rings (SSSR count). The lowest BCUT2D eigenvalue weighted by Gasteiger charge is -2.08. The highest BCUT2D eigenvalue weighted by Crippen LogP contribution is 2.23. The summed E-state index contributed by atoms with van der Waals surface area (Å²) in [5.74, 6) is -0.292. The van der Waals surface area contributed by atoms with Gasteiger partial charge in [-0.25, -0.2) is 4.98 Å². The molecule has 0 aliphatic rings. The number of benzene rings is 2. The largest absolute Gasteiger partial charge is 0.398 e. The van der Waals surface area contributed by atoms with Crippen LogP contribution in [0.2, 0.25) is 0 Å². The summed E-state index contributed by atoms with van der Waals surface area (Å²) in [6.07, 6.45) is 0. The van der Waals surface area contributed by atoms with Gasteiger partial charge >= 0.3 is 0 Å². The Morgan fingerprint density at radius 3 is 2.62 bits per heavy atom. The van der Waals surface area contributed by atoms with Crippen molar-refractivity contribution in [2.75, 3.05) is 11.1 Å². The van der Waals surface area contributed by atoms with Gasteiger partial charge < -0.3 is 11.1 Å². The zero-order valence-electron chi connectivity index (χ0n) is 11.0. The molecule has 5 heteroatoms. The van der Waals surface area contributed by atoms with Gasteiger partial charge in [0.2, 0.25) is 0 Å². The van der Waals surface area contributed by atoms with E-state index in [0.29, 0.717) is 22.6 Å². The summed E-state index contributed by atoms with van der Waals surface area (Å²) in [5.41, 5.74) is 8.22. The molecule has 3 N–H and O–H groups in total. The van der Waals surface area contributed by atoms with E-state index in [1.54, 1.807) is 6.07 Å². The van der Waals surface area contributed by atoms with Gasteiger partial charge in [-0.05, 0) is 40.2 Å². The molecule has 21 heavy (non-hydrogen) atoms. The summed E-state index contributed by atoms with van der Waals surface area (Å²) < 4.78 is 0.812. The Labute approximate surface area is 130 Å². The van der Waals surface area contributed by atoms with E-state index >= 15 is 0 Å². The molecule has 0 saturated heterocycles. The zero-order valence-corrected chi connectivity index (χ0v) is 12.6. The van der Waals surface area contributed by atoms with Crippen LogP contribution in [0.1, 0.15) is 10.5 Å². The maximum atomic E-state index is 12.3. The molecule has 1 aromatic heterocycles. The van der Waals surface area contributed by atoms with E-state index < -0.39 is 0 Å². The fourth-order valence-corrected chi connectivity index (χ4v) is 2.45. The molecule has 0 fully saturated rings. The van der Waals surface area contributed by atoms with Crippen molar-refractivity contribution in [3.8, 4) is 0 Å². The fourth-order valence-electron chi connectivity index (χ4n) is 2.07. The second-order valence-corrected chi connectivity index (χ2v) is 5.40. The molecular weight excluding hydrogens is 330 g/mol. The van der Waals surface area contributed by atoms with Crippen LogP contribution < -0.4 is 11.1 Å². The lowest BCUT2D eigenvalue weighted by atomic mass is 10.1. The number of para-hydroxylation sites is 2. The van der Waals surface area contributed by atoms with Gasteiger partial charge in [-0.3, -0.25) is 4.79 Å². The Hall–Kier alpha value is -2.40. The number of pyridine rings is 1. The van der Waals surface area contributed by atoms with Crippen LogP contribution in [0.3, 0.4) is 0 Å². The summed E-state index contributed by atoms with van der Waals surface area (Å²) >= 11 is 3.39. The van der Waals surface area contributed by atoms with Gasteiger partial charge in [0.25, 0.3) is 5.91 Å². The summed E-state index contributed by atoms with van der Waals surface area (Å²) in [5, 5.41) is 3.66. The fraction of sp³-hybridized carbons (Fsp3) is 0. The Bertz CT molecular complexity index is 833. The molecule has 0 bridgehead atoms. The lowest BCUT2D eigenvalue weighted by Crippen LogP contribution is -2.14. The summed E-state index contributed by atoms with van der Waals surface area (Å²) in [4.78, 5) is 16.7. The van der Waals surface area contributed by atoms with Crippen LogP contribution >= 0.6 is 15.9 Å². The van der Waals surface area contributed by atoms with Crippen LogP contribution in [0, 0.1) is 0 Å². The van der Waals surface area contributed by atoms with Crippen molar-refractivity contribution in [1.82, 2.24) is 4.98 Å². The van der Waals surface area contributed by atoms with Crippen molar-refractivity contribution in [2.45, 2.75) is 0 Å². The first-order chi connectivity index (χ1) is 10.1. The second-order valence-electron chi connectivity index (χ2n) is 4.55. The maximum Gasteiger partial charge on any atom is 0.274 e. The highest BCUT2D eigenvalue weighted by atomic mass is 79.9. The quantitative estimate of drug-likeness (QED) is 0.744. The third kappa shape index (κ3) is 2.73. The van der Waals surface area contributed by atoms with E-state index in [9.17, 15) is 4.79 Å². The first-order valence-electron chi connectivity index (χ1n) is 6.36. The number of amides is 1. The average molecular weight is 342 g/mol. The third-order valence-corrected chi connectivity index (χ3v) is 3.79. The summed E-state index contributed by atoms with van der Waals surface area (Å²) in [6, 6.07) is 16.5. The number of rotatable bonds is 2. The highest BCUT2D eigenvalue weighted by Gasteiger charge is 2.12. The van der Waals surface area contributed by atoms with Gasteiger partial charge in [0.1, 0.15) is 5.69 Å². The molecule has 104 valence electrons. The zero-order chi connectivity index (χ0) is 14.8. The Morgan fingerprint density at radius 2 is 1.81 bits per heavy atom. The molecule has 0 unspecified atom stereocenters. The van der Waals surface area contributed by atoms with Gasteiger partial charge in [-0.2, -0.15) is 0 Å². The molecule has 0 aliphatic carbocycles. The van der Waals surface area contributed by atoms with Gasteiger partial charge in [0, 0.05) is 15.5 Å². The van der Waals surface area contributed by atoms with Crippen molar-refractivity contribution in [1.29, 1.82) is 0 Å². The molecule has 0 saturated carbocycles. The molecule has 0 aliphatic heterocycles. The Morgan fingerprint density at radius 1 is 1.10 bits per heavy atom. The number of anilines is 2. The topological polar surface area (TPSA) is 68.0 Å². The number of carbonyl (C=O) groups excluding carboxylic acids is 1. The minimum atomic E-state index is -0.292. The summed E-state index contributed by atoms with van der Waals surface area (Å²) in [7, 11) is 0.